The maximum Gasteiger partial charge on any atom is 0.129 e. The third kappa shape index (κ3) is 2.47. The maximum absolute atomic E-state index is 5.58. The topological polar surface area (TPSA) is 37.4 Å². The van der Waals surface area contributed by atoms with E-state index < -0.39 is 0 Å². The molecule has 1 aromatic rings. The van der Waals surface area contributed by atoms with Gasteiger partial charge in [-0.15, -0.1) is 0 Å². The van der Waals surface area contributed by atoms with E-state index in [1.807, 2.05) is 0 Å². The van der Waals surface area contributed by atoms with Gasteiger partial charge in [-0.1, -0.05) is 19.9 Å². The fourth-order valence-electron chi connectivity index (χ4n) is 3.04. The van der Waals surface area contributed by atoms with E-state index in [2.05, 4.69) is 36.2 Å². The van der Waals surface area contributed by atoms with Crippen molar-refractivity contribution in [3.63, 3.8) is 0 Å². The van der Waals surface area contributed by atoms with E-state index in [9.17, 15) is 0 Å². The first-order valence-electron chi connectivity index (χ1n) is 7.34. The molecule has 0 radical (unpaired) electrons. The van der Waals surface area contributed by atoms with Crippen molar-refractivity contribution >= 4 is 5.82 Å². The molecule has 0 amide bonds. The number of ether oxygens (including phenoxy) is 1. The Morgan fingerprint density at radius 3 is 3.21 bits per heavy atom. The van der Waals surface area contributed by atoms with Gasteiger partial charge in [0, 0.05) is 25.6 Å². The molecule has 3 heterocycles. The minimum atomic E-state index is 0.469. The number of fused-ring (bicyclic) bond motifs is 1. The quantitative estimate of drug-likeness (QED) is 0.882. The van der Waals surface area contributed by atoms with E-state index in [0.717, 1.165) is 45.1 Å². The van der Waals surface area contributed by atoms with Crippen LogP contribution in [0.1, 0.15) is 37.4 Å². The van der Waals surface area contributed by atoms with Crippen LogP contribution in [0.15, 0.2) is 12.1 Å². The number of rotatable bonds is 2. The molecule has 2 atom stereocenters. The molecule has 0 unspecified atom stereocenters. The number of nitrogens with zero attached hydrogens (tertiary/aromatic N) is 2. The zero-order valence-electron chi connectivity index (χ0n) is 11.9. The Balaban J connectivity index is 1.90. The number of hydrogen-bond donors (Lipinski definition) is 1. The molecule has 1 N–H and O–H groups in total. The minimum absolute atomic E-state index is 0.469. The van der Waals surface area contributed by atoms with Gasteiger partial charge in [-0.25, -0.2) is 4.98 Å². The van der Waals surface area contributed by atoms with Crippen molar-refractivity contribution in [2.75, 3.05) is 31.2 Å². The highest BCUT2D eigenvalue weighted by Crippen LogP contribution is 2.26. The zero-order valence-corrected chi connectivity index (χ0v) is 11.9. The summed E-state index contributed by atoms with van der Waals surface area (Å²) in [7, 11) is 0. The molecule has 1 fully saturated rings. The first-order chi connectivity index (χ1) is 9.29. The van der Waals surface area contributed by atoms with Gasteiger partial charge in [0.1, 0.15) is 5.82 Å². The van der Waals surface area contributed by atoms with Crippen LogP contribution in [-0.2, 0) is 11.3 Å². The number of nitrogens with one attached hydrogen (secondary N) is 1. The molecule has 19 heavy (non-hydrogen) atoms. The lowest BCUT2D eigenvalue weighted by Gasteiger charge is -2.37. The second-order valence-corrected chi connectivity index (χ2v) is 5.58. The van der Waals surface area contributed by atoms with E-state index in [-0.39, 0.29) is 0 Å². The van der Waals surface area contributed by atoms with Crippen LogP contribution in [0.25, 0.3) is 0 Å². The van der Waals surface area contributed by atoms with Crippen LogP contribution in [-0.4, -0.2) is 37.3 Å². The number of hydrogen-bond acceptors (Lipinski definition) is 4. The summed E-state index contributed by atoms with van der Waals surface area (Å²) in [6, 6.07) is 4.88. The molecule has 2 aliphatic rings. The van der Waals surface area contributed by atoms with Gasteiger partial charge in [-0.05, 0) is 18.1 Å². The summed E-state index contributed by atoms with van der Waals surface area (Å²) in [6.07, 6.45) is 1.11. The molecule has 0 saturated carbocycles. The number of aromatic nitrogens is 1. The third-order valence-electron chi connectivity index (χ3n) is 4.22. The standard InChI is InChI=1S/C15H23N3O/c1-3-13-10-19-7-6-18(13)14-5-4-12-9-16-8-11(2)15(12)17-14/h4-5,11,13,16H,3,6-10H2,1-2H3/t11-,13+/m0/s1. The van der Waals surface area contributed by atoms with Gasteiger partial charge in [0.25, 0.3) is 0 Å². The Hall–Kier alpha value is -1.13. The Kier molecular flexibility index (Phi) is 3.71. The Morgan fingerprint density at radius 2 is 2.37 bits per heavy atom. The summed E-state index contributed by atoms with van der Waals surface area (Å²) >= 11 is 0. The Bertz CT molecular complexity index is 449. The largest absolute Gasteiger partial charge is 0.377 e. The summed E-state index contributed by atoms with van der Waals surface area (Å²) in [5.74, 6) is 1.63. The van der Waals surface area contributed by atoms with Crippen molar-refractivity contribution in [3.8, 4) is 0 Å². The molecule has 0 aliphatic carbocycles. The van der Waals surface area contributed by atoms with Gasteiger partial charge >= 0.3 is 0 Å². The molecule has 4 heteroatoms. The molecule has 0 bridgehead atoms. The van der Waals surface area contributed by atoms with Crippen molar-refractivity contribution < 1.29 is 4.74 Å². The number of morpholine rings is 1. The molecule has 0 aromatic carbocycles. The highest BCUT2D eigenvalue weighted by Gasteiger charge is 2.25. The molecule has 1 saturated heterocycles. The van der Waals surface area contributed by atoms with Gasteiger partial charge in [-0.2, -0.15) is 0 Å². The SMILES string of the molecule is CC[C@@H]1COCCN1c1ccc2c(n1)[C@@H](C)CNC2. The summed E-state index contributed by atoms with van der Waals surface area (Å²) in [5, 5.41) is 3.44. The van der Waals surface area contributed by atoms with Crippen molar-refractivity contribution in [1.29, 1.82) is 0 Å². The van der Waals surface area contributed by atoms with E-state index in [4.69, 9.17) is 9.72 Å². The van der Waals surface area contributed by atoms with E-state index in [0.29, 0.717) is 12.0 Å². The average molecular weight is 261 g/mol. The lowest BCUT2D eigenvalue weighted by molar-refractivity contribution is 0.0925. The average Bonchev–Trinajstić information content (AvgIpc) is 2.47. The zero-order chi connectivity index (χ0) is 13.2. The lowest BCUT2D eigenvalue weighted by atomic mass is 9.98. The van der Waals surface area contributed by atoms with Crippen LogP contribution in [0, 0.1) is 0 Å². The van der Waals surface area contributed by atoms with Crippen LogP contribution in [0.5, 0.6) is 0 Å². The molecular formula is C15H23N3O. The fourth-order valence-corrected chi connectivity index (χ4v) is 3.04. The van der Waals surface area contributed by atoms with Crippen LogP contribution in [0.4, 0.5) is 5.82 Å². The summed E-state index contributed by atoms with van der Waals surface area (Å²) < 4.78 is 5.58. The second-order valence-electron chi connectivity index (χ2n) is 5.58. The summed E-state index contributed by atoms with van der Waals surface area (Å²) in [4.78, 5) is 7.36. The molecule has 104 valence electrons. The molecule has 0 spiro atoms. The first kappa shape index (κ1) is 12.9. The van der Waals surface area contributed by atoms with Gasteiger partial charge in [-0.3, -0.25) is 0 Å². The summed E-state index contributed by atoms with van der Waals surface area (Å²) in [6.45, 7) is 9.04. The van der Waals surface area contributed by atoms with Gasteiger partial charge in [0.2, 0.25) is 0 Å². The first-order valence-corrected chi connectivity index (χ1v) is 7.34. The van der Waals surface area contributed by atoms with Crippen molar-refractivity contribution in [1.82, 2.24) is 10.3 Å². The Labute approximate surface area is 115 Å². The van der Waals surface area contributed by atoms with Gasteiger partial charge in [0.05, 0.1) is 24.9 Å². The molecule has 3 rings (SSSR count). The van der Waals surface area contributed by atoms with Gasteiger partial charge in [0.15, 0.2) is 0 Å². The summed E-state index contributed by atoms with van der Waals surface area (Å²) in [5.41, 5.74) is 2.63. The van der Waals surface area contributed by atoms with Crippen molar-refractivity contribution in [2.45, 2.75) is 38.8 Å². The van der Waals surface area contributed by atoms with Crippen LogP contribution in [0.2, 0.25) is 0 Å². The monoisotopic (exact) mass is 261 g/mol. The van der Waals surface area contributed by atoms with Gasteiger partial charge < -0.3 is 15.0 Å². The smallest absolute Gasteiger partial charge is 0.129 e. The van der Waals surface area contributed by atoms with Crippen LogP contribution >= 0.6 is 0 Å². The number of anilines is 1. The molecule has 2 aliphatic heterocycles. The minimum Gasteiger partial charge on any atom is -0.377 e. The van der Waals surface area contributed by atoms with Crippen molar-refractivity contribution in [3.05, 3.63) is 23.4 Å². The van der Waals surface area contributed by atoms with E-state index in [1.165, 1.54) is 11.3 Å². The van der Waals surface area contributed by atoms with Crippen LogP contribution in [0.3, 0.4) is 0 Å². The second kappa shape index (κ2) is 5.47. The maximum atomic E-state index is 5.58. The van der Waals surface area contributed by atoms with E-state index >= 15 is 0 Å². The lowest BCUT2D eigenvalue weighted by Crippen LogP contribution is -2.45. The highest BCUT2D eigenvalue weighted by atomic mass is 16.5. The molecular weight excluding hydrogens is 238 g/mol. The predicted molar refractivity (Wildman–Crippen MR) is 76.6 cm³/mol. The Morgan fingerprint density at radius 1 is 1.47 bits per heavy atom. The predicted octanol–water partition coefficient (Wildman–Crippen LogP) is 1.90. The van der Waals surface area contributed by atoms with Crippen LogP contribution < -0.4 is 10.2 Å². The molecule has 1 aromatic heterocycles. The third-order valence-corrected chi connectivity index (χ3v) is 4.22. The van der Waals surface area contributed by atoms with Crippen molar-refractivity contribution in [2.24, 2.45) is 0 Å². The normalized spacial score (nSPS) is 27.2. The fraction of sp³-hybridized carbons (Fsp3) is 0.667. The molecule has 4 nitrogen and oxygen atoms in total. The number of pyridine rings is 1. The van der Waals surface area contributed by atoms with E-state index in [1.54, 1.807) is 0 Å². The highest BCUT2D eigenvalue weighted by molar-refractivity contribution is 5.44.